The van der Waals surface area contributed by atoms with Gasteiger partial charge in [-0.15, -0.1) is 0 Å². The molecule has 0 spiro atoms. The zero-order chi connectivity index (χ0) is 11.7. The largest absolute Gasteiger partial charge is 0.382 e. The van der Waals surface area contributed by atoms with E-state index in [1.54, 1.807) is 18.6 Å². The summed E-state index contributed by atoms with van der Waals surface area (Å²) in [6.45, 7) is 0. The second-order valence-electron chi connectivity index (χ2n) is 3.71. The van der Waals surface area contributed by atoms with Crippen molar-refractivity contribution in [3.8, 4) is 11.3 Å². The molecule has 82 valence electrons. The fourth-order valence-electron chi connectivity index (χ4n) is 1.79. The number of aromatic nitrogens is 3. The second kappa shape index (κ2) is 3.83. The first-order valence-corrected chi connectivity index (χ1v) is 5.26. The number of nitrogens with zero attached hydrogens (tertiary/aromatic N) is 3. The SMILES string of the molecule is Nc1cnc(-c2cccc3cccnc23)cn1. The van der Waals surface area contributed by atoms with Gasteiger partial charge in [0.25, 0.3) is 0 Å². The number of fused-ring (bicyclic) bond motifs is 1. The van der Waals surface area contributed by atoms with Crippen LogP contribution < -0.4 is 5.73 Å². The summed E-state index contributed by atoms with van der Waals surface area (Å²) in [6, 6.07) is 9.93. The average molecular weight is 222 g/mol. The molecule has 0 radical (unpaired) electrons. The molecule has 0 aliphatic rings. The van der Waals surface area contributed by atoms with Gasteiger partial charge in [0.05, 0.1) is 23.6 Å². The monoisotopic (exact) mass is 222 g/mol. The predicted molar refractivity (Wildman–Crippen MR) is 67.2 cm³/mol. The third-order valence-corrected chi connectivity index (χ3v) is 2.58. The molecule has 0 saturated heterocycles. The molecule has 0 amide bonds. The lowest BCUT2D eigenvalue weighted by atomic mass is 10.1. The standard InChI is InChI=1S/C13H10N4/c14-12-8-16-11(7-17-12)10-5-1-3-9-4-2-6-15-13(9)10/h1-8H,(H2,14,17). The van der Waals surface area contributed by atoms with Gasteiger partial charge in [-0.1, -0.05) is 24.3 Å². The Bertz CT molecular complexity index is 656. The van der Waals surface area contributed by atoms with Crippen molar-refractivity contribution < 1.29 is 0 Å². The van der Waals surface area contributed by atoms with Gasteiger partial charge in [0.2, 0.25) is 0 Å². The molecule has 17 heavy (non-hydrogen) atoms. The van der Waals surface area contributed by atoms with Crippen molar-refractivity contribution in [2.45, 2.75) is 0 Å². The topological polar surface area (TPSA) is 64.7 Å². The lowest BCUT2D eigenvalue weighted by Gasteiger charge is -2.04. The Balaban J connectivity index is 2.27. The summed E-state index contributed by atoms with van der Waals surface area (Å²) in [6.07, 6.45) is 4.99. The van der Waals surface area contributed by atoms with Gasteiger partial charge in [-0.05, 0) is 6.07 Å². The first-order chi connectivity index (χ1) is 8.34. The number of rotatable bonds is 1. The summed E-state index contributed by atoms with van der Waals surface area (Å²) < 4.78 is 0. The molecular weight excluding hydrogens is 212 g/mol. The van der Waals surface area contributed by atoms with E-state index in [-0.39, 0.29) is 0 Å². The molecule has 0 fully saturated rings. The number of para-hydroxylation sites is 1. The van der Waals surface area contributed by atoms with Crippen LogP contribution in [0.25, 0.3) is 22.2 Å². The molecule has 2 N–H and O–H groups in total. The minimum absolute atomic E-state index is 0.418. The van der Waals surface area contributed by atoms with Crippen LogP contribution in [0, 0.1) is 0 Å². The lowest BCUT2D eigenvalue weighted by molar-refractivity contribution is 1.22. The van der Waals surface area contributed by atoms with E-state index >= 15 is 0 Å². The fraction of sp³-hybridized carbons (Fsp3) is 0. The Morgan fingerprint density at radius 1 is 0.882 bits per heavy atom. The number of pyridine rings is 1. The molecule has 4 nitrogen and oxygen atoms in total. The highest BCUT2D eigenvalue weighted by Gasteiger charge is 2.05. The van der Waals surface area contributed by atoms with Crippen molar-refractivity contribution in [3.05, 3.63) is 48.9 Å². The zero-order valence-electron chi connectivity index (χ0n) is 9.04. The minimum Gasteiger partial charge on any atom is -0.382 e. The van der Waals surface area contributed by atoms with Crippen LogP contribution in [0.2, 0.25) is 0 Å². The maximum Gasteiger partial charge on any atom is 0.141 e. The molecule has 0 atom stereocenters. The average Bonchev–Trinajstić information content (AvgIpc) is 2.39. The van der Waals surface area contributed by atoms with Crippen LogP contribution in [0.4, 0.5) is 5.82 Å². The number of nitrogens with two attached hydrogens (primary N) is 1. The first-order valence-electron chi connectivity index (χ1n) is 5.26. The van der Waals surface area contributed by atoms with Crippen molar-refractivity contribution in [1.82, 2.24) is 15.0 Å². The van der Waals surface area contributed by atoms with Gasteiger partial charge in [0.1, 0.15) is 5.82 Å². The van der Waals surface area contributed by atoms with Gasteiger partial charge >= 0.3 is 0 Å². The van der Waals surface area contributed by atoms with Gasteiger partial charge < -0.3 is 5.73 Å². The summed E-state index contributed by atoms with van der Waals surface area (Å²) in [7, 11) is 0. The van der Waals surface area contributed by atoms with Crippen molar-refractivity contribution in [1.29, 1.82) is 0 Å². The second-order valence-corrected chi connectivity index (χ2v) is 3.71. The maximum atomic E-state index is 5.53. The van der Waals surface area contributed by atoms with Crippen LogP contribution in [-0.4, -0.2) is 15.0 Å². The van der Waals surface area contributed by atoms with Crippen LogP contribution in [-0.2, 0) is 0 Å². The van der Waals surface area contributed by atoms with Gasteiger partial charge in [-0.2, -0.15) is 0 Å². The number of benzene rings is 1. The summed E-state index contributed by atoms with van der Waals surface area (Å²) in [5.41, 5.74) is 8.20. The van der Waals surface area contributed by atoms with Gasteiger partial charge in [0.15, 0.2) is 0 Å². The molecule has 0 bridgehead atoms. The van der Waals surface area contributed by atoms with Crippen LogP contribution in [0.3, 0.4) is 0 Å². The first kappa shape index (κ1) is 9.72. The molecule has 0 aliphatic heterocycles. The smallest absolute Gasteiger partial charge is 0.141 e. The number of nitrogen functional groups attached to an aromatic ring is 1. The van der Waals surface area contributed by atoms with Crippen molar-refractivity contribution in [3.63, 3.8) is 0 Å². The van der Waals surface area contributed by atoms with E-state index in [1.165, 1.54) is 0 Å². The van der Waals surface area contributed by atoms with Gasteiger partial charge in [0, 0.05) is 17.1 Å². The zero-order valence-corrected chi connectivity index (χ0v) is 9.04. The normalized spacial score (nSPS) is 10.6. The predicted octanol–water partition coefficient (Wildman–Crippen LogP) is 2.27. The molecule has 4 heteroatoms. The molecule has 0 unspecified atom stereocenters. The van der Waals surface area contributed by atoms with Crippen LogP contribution in [0.15, 0.2) is 48.9 Å². The molecule has 3 aromatic rings. The van der Waals surface area contributed by atoms with Crippen LogP contribution in [0.1, 0.15) is 0 Å². The molecule has 3 rings (SSSR count). The third-order valence-electron chi connectivity index (χ3n) is 2.58. The highest BCUT2D eigenvalue weighted by Crippen LogP contribution is 2.24. The van der Waals surface area contributed by atoms with Gasteiger partial charge in [-0.3, -0.25) is 9.97 Å². The molecule has 1 aromatic carbocycles. The van der Waals surface area contributed by atoms with Crippen molar-refractivity contribution in [2.75, 3.05) is 5.73 Å². The molecule has 0 saturated carbocycles. The van der Waals surface area contributed by atoms with Gasteiger partial charge in [-0.25, -0.2) is 4.98 Å². The van der Waals surface area contributed by atoms with E-state index < -0.39 is 0 Å². The highest BCUT2D eigenvalue weighted by atomic mass is 14.9. The van der Waals surface area contributed by atoms with Crippen LogP contribution in [0.5, 0.6) is 0 Å². The maximum absolute atomic E-state index is 5.53. The summed E-state index contributed by atoms with van der Waals surface area (Å²) >= 11 is 0. The lowest BCUT2D eigenvalue weighted by Crippen LogP contribution is -1.93. The van der Waals surface area contributed by atoms with E-state index in [1.807, 2.05) is 30.3 Å². The quantitative estimate of drug-likeness (QED) is 0.686. The molecule has 2 aromatic heterocycles. The summed E-state index contributed by atoms with van der Waals surface area (Å²) in [5, 5.41) is 1.09. The third kappa shape index (κ3) is 1.69. The molecule has 2 heterocycles. The Hall–Kier alpha value is -2.49. The summed E-state index contributed by atoms with van der Waals surface area (Å²) in [5.74, 6) is 0.418. The number of anilines is 1. The highest BCUT2D eigenvalue weighted by molar-refractivity contribution is 5.92. The Kier molecular flexibility index (Phi) is 2.19. The van der Waals surface area contributed by atoms with E-state index in [0.717, 1.165) is 22.2 Å². The number of hydrogen-bond acceptors (Lipinski definition) is 4. The van der Waals surface area contributed by atoms with E-state index in [4.69, 9.17) is 5.73 Å². The van der Waals surface area contributed by atoms with Crippen molar-refractivity contribution in [2.24, 2.45) is 0 Å². The van der Waals surface area contributed by atoms with E-state index in [9.17, 15) is 0 Å². The van der Waals surface area contributed by atoms with Crippen molar-refractivity contribution >= 4 is 16.7 Å². The van der Waals surface area contributed by atoms with E-state index in [0.29, 0.717) is 5.82 Å². The van der Waals surface area contributed by atoms with E-state index in [2.05, 4.69) is 15.0 Å². The molecule has 0 aliphatic carbocycles. The fourth-order valence-corrected chi connectivity index (χ4v) is 1.79. The summed E-state index contributed by atoms with van der Waals surface area (Å²) in [4.78, 5) is 12.7. The molecular formula is C13H10N4. The van der Waals surface area contributed by atoms with Crippen LogP contribution >= 0.6 is 0 Å². The Morgan fingerprint density at radius 2 is 1.76 bits per heavy atom. The Labute approximate surface area is 98.2 Å². The minimum atomic E-state index is 0.418. The number of hydrogen-bond donors (Lipinski definition) is 1. The Morgan fingerprint density at radius 3 is 2.59 bits per heavy atom.